The Bertz CT molecular complexity index is 2410. The third kappa shape index (κ3) is 6.02. The standard InChI is InChI=1S/C24H17N2O.C12H10N.Ir/c1-15-14-25-22(13-21(15)17-7-4-3-5-8-17)20-10-6-9-18-19-12-11-16(2)26-24(19)27-23(18)20;1-10-7-8-12(13-9-10)11-5-3-2-4-6-11;/h3-9,11-14H,1-2H3;2-5,7-9H,1H3;/q2*-1;/i1D3,2D3;1D3,7D,8D,9D;. The van der Waals surface area contributed by atoms with Crippen molar-refractivity contribution in [1.29, 1.82) is 0 Å². The van der Waals surface area contributed by atoms with E-state index >= 15 is 0 Å². The van der Waals surface area contributed by atoms with E-state index in [2.05, 4.69) is 27.1 Å². The molecule has 41 heavy (non-hydrogen) atoms. The van der Waals surface area contributed by atoms with Crippen molar-refractivity contribution >= 4 is 22.1 Å². The number of aryl methyl sites for hydroxylation is 2. The van der Waals surface area contributed by atoms with Gasteiger partial charge in [0.1, 0.15) is 0 Å². The zero-order valence-electron chi connectivity index (χ0n) is 33.2. The second-order valence-corrected chi connectivity index (χ2v) is 8.70. The van der Waals surface area contributed by atoms with Crippen molar-refractivity contribution in [2.45, 2.75) is 20.6 Å². The Morgan fingerprint density at radius 2 is 1.71 bits per heavy atom. The average Bonchev–Trinajstić information content (AvgIpc) is 3.48. The summed E-state index contributed by atoms with van der Waals surface area (Å²) in [5, 5.41) is 1.42. The van der Waals surface area contributed by atoms with Gasteiger partial charge < -0.3 is 14.4 Å². The first-order valence-electron chi connectivity index (χ1n) is 18.2. The molecule has 0 amide bonds. The van der Waals surface area contributed by atoms with Crippen molar-refractivity contribution in [2.75, 3.05) is 0 Å². The number of fused-ring (bicyclic) bond motifs is 3. The van der Waals surface area contributed by atoms with Gasteiger partial charge in [-0.2, -0.15) is 0 Å². The molecular formula is C36H27IrN3O-2. The summed E-state index contributed by atoms with van der Waals surface area (Å²) in [4.78, 5) is 12.4. The number of rotatable bonds is 3. The molecule has 0 aliphatic rings. The number of nitrogens with zero attached hydrogens (tertiary/aromatic N) is 3. The molecule has 0 saturated heterocycles. The Morgan fingerprint density at radius 3 is 2.51 bits per heavy atom. The Kier molecular flexibility index (Phi) is 5.05. The van der Waals surface area contributed by atoms with Gasteiger partial charge in [-0.3, -0.25) is 0 Å². The largest absolute Gasteiger partial charge is 0.486 e. The van der Waals surface area contributed by atoms with Crippen molar-refractivity contribution in [1.82, 2.24) is 15.0 Å². The number of pyridine rings is 3. The quantitative estimate of drug-likeness (QED) is 0.171. The van der Waals surface area contributed by atoms with Crippen LogP contribution in [-0.2, 0) is 20.1 Å². The summed E-state index contributed by atoms with van der Waals surface area (Å²) >= 11 is 0. The van der Waals surface area contributed by atoms with Crippen molar-refractivity contribution in [3.63, 3.8) is 0 Å². The van der Waals surface area contributed by atoms with E-state index in [9.17, 15) is 0 Å². The fraction of sp³-hybridized carbons (Fsp3) is 0.0833. The zero-order valence-corrected chi connectivity index (χ0v) is 23.6. The number of hydrogen-bond donors (Lipinski definition) is 0. The predicted molar refractivity (Wildman–Crippen MR) is 162 cm³/mol. The first kappa shape index (κ1) is 16.7. The number of furan rings is 1. The van der Waals surface area contributed by atoms with Crippen LogP contribution in [0.1, 0.15) is 33.3 Å². The normalized spacial score (nSPS) is 15.8. The summed E-state index contributed by atoms with van der Waals surface area (Å²) in [6.07, 6.45) is 0.874. The van der Waals surface area contributed by atoms with E-state index in [1.165, 1.54) is 12.3 Å². The SMILES string of the molecule is [2H]C([2H])([2H])c1ccc2c(n1)oc1c(-c3cc(-c4ccccc4)c(C([2H])([2H])[2H])cn3)[c-]ccc12.[2H]c1nc(-c2[c-]cccc2)c([2H])c([2H])c1C([2H])([2H])[2H].[Ir]. The smallest absolute Gasteiger partial charge is 0.216 e. The van der Waals surface area contributed by atoms with E-state index in [0.717, 1.165) is 10.9 Å². The van der Waals surface area contributed by atoms with Gasteiger partial charge in [0.2, 0.25) is 5.71 Å². The molecule has 0 saturated carbocycles. The third-order valence-electron chi connectivity index (χ3n) is 6.09. The molecule has 5 heteroatoms. The maximum atomic E-state index is 7.93. The van der Waals surface area contributed by atoms with E-state index in [1.54, 1.807) is 42.5 Å². The second kappa shape index (κ2) is 12.4. The molecule has 0 spiro atoms. The molecule has 7 rings (SSSR count). The van der Waals surface area contributed by atoms with E-state index in [1.807, 2.05) is 36.4 Å². The topological polar surface area (TPSA) is 51.8 Å². The molecule has 1 radical (unpaired) electrons. The summed E-state index contributed by atoms with van der Waals surface area (Å²) in [6, 6.07) is 29.6. The van der Waals surface area contributed by atoms with Crippen LogP contribution in [0.2, 0.25) is 0 Å². The minimum atomic E-state index is -2.62. The zero-order chi connectivity index (χ0) is 37.6. The van der Waals surface area contributed by atoms with Crippen molar-refractivity contribution in [3.05, 3.63) is 138 Å². The molecule has 0 unspecified atom stereocenters. The van der Waals surface area contributed by atoms with Gasteiger partial charge in [0.25, 0.3) is 0 Å². The average molecular weight is 722 g/mol. The van der Waals surface area contributed by atoms with Crippen LogP contribution >= 0.6 is 0 Å². The fourth-order valence-electron chi connectivity index (χ4n) is 4.22. The number of benzene rings is 3. The first-order chi connectivity index (χ1) is 24.4. The second-order valence-electron chi connectivity index (χ2n) is 8.70. The molecule has 7 aromatic rings. The van der Waals surface area contributed by atoms with E-state index in [0.29, 0.717) is 33.4 Å². The molecule has 0 N–H and O–H groups in total. The Morgan fingerprint density at radius 1 is 0.805 bits per heavy atom. The van der Waals surface area contributed by atoms with Gasteiger partial charge in [0.15, 0.2) is 0 Å². The van der Waals surface area contributed by atoms with Crippen LogP contribution in [0.15, 0.2) is 114 Å². The van der Waals surface area contributed by atoms with Crippen LogP contribution < -0.4 is 0 Å². The van der Waals surface area contributed by atoms with Gasteiger partial charge in [0, 0.05) is 55.9 Å². The molecule has 0 atom stereocenters. The maximum absolute atomic E-state index is 7.93. The van der Waals surface area contributed by atoms with Crippen LogP contribution in [0.4, 0.5) is 0 Å². The summed E-state index contributed by atoms with van der Waals surface area (Å²) in [5.74, 6) is 0. The molecule has 0 aliphatic carbocycles. The Hall–Kier alpha value is -4.44. The monoisotopic (exact) mass is 722 g/mol. The fourth-order valence-corrected chi connectivity index (χ4v) is 4.22. The third-order valence-corrected chi connectivity index (χ3v) is 6.09. The molecular weight excluding hydrogens is 683 g/mol. The number of hydrogen-bond acceptors (Lipinski definition) is 4. The Labute approximate surface area is 270 Å². The van der Waals surface area contributed by atoms with Crippen molar-refractivity contribution in [2.24, 2.45) is 0 Å². The van der Waals surface area contributed by atoms with Gasteiger partial charge in [-0.25, -0.2) is 4.98 Å². The molecule has 0 aliphatic heterocycles. The van der Waals surface area contributed by atoms with Gasteiger partial charge in [-0.15, -0.1) is 54.1 Å². The van der Waals surface area contributed by atoms with Gasteiger partial charge in [-0.1, -0.05) is 59.4 Å². The maximum Gasteiger partial charge on any atom is 0.216 e. The van der Waals surface area contributed by atoms with E-state index in [-0.39, 0.29) is 48.8 Å². The molecule has 203 valence electrons. The summed E-state index contributed by atoms with van der Waals surface area (Å²) in [6.45, 7) is -7.29. The minimum Gasteiger partial charge on any atom is -0.486 e. The molecule has 0 fully saturated rings. The predicted octanol–water partition coefficient (Wildman–Crippen LogP) is 8.98. The van der Waals surface area contributed by atoms with Crippen LogP contribution in [0.25, 0.3) is 55.7 Å². The summed E-state index contributed by atoms with van der Waals surface area (Å²) in [5.41, 5.74) is 3.17. The van der Waals surface area contributed by atoms with Crippen LogP contribution in [0, 0.1) is 32.7 Å². The van der Waals surface area contributed by atoms with Crippen molar-refractivity contribution in [3.8, 4) is 33.6 Å². The molecule has 0 bridgehead atoms. The molecule has 4 nitrogen and oxygen atoms in total. The Balaban J connectivity index is 0.000000232. The number of aromatic nitrogens is 3. The van der Waals surface area contributed by atoms with Gasteiger partial charge >= 0.3 is 0 Å². The van der Waals surface area contributed by atoms with Crippen molar-refractivity contribution < 1.29 is 41.0 Å². The first-order valence-corrected chi connectivity index (χ1v) is 12.2. The summed E-state index contributed by atoms with van der Waals surface area (Å²) in [7, 11) is 0. The van der Waals surface area contributed by atoms with E-state index < -0.39 is 38.3 Å². The minimum absolute atomic E-state index is 0. The van der Waals surface area contributed by atoms with Gasteiger partial charge in [0.05, 0.1) is 9.70 Å². The van der Waals surface area contributed by atoms with E-state index in [4.69, 9.17) is 20.9 Å². The molecule has 3 aromatic carbocycles. The summed E-state index contributed by atoms with van der Waals surface area (Å²) < 4.78 is 97.7. The molecule has 4 aromatic heterocycles. The van der Waals surface area contributed by atoms with Crippen LogP contribution in [-0.4, -0.2) is 15.0 Å². The van der Waals surface area contributed by atoms with Gasteiger partial charge in [-0.05, 0) is 66.3 Å². The van der Waals surface area contributed by atoms with Crippen LogP contribution in [0.3, 0.4) is 0 Å². The van der Waals surface area contributed by atoms with Crippen LogP contribution in [0.5, 0.6) is 0 Å². The molecule has 4 heterocycles.